The number of nitrogens with one attached hydrogen (secondary N) is 1. The molecule has 0 amide bonds. The van der Waals surface area contributed by atoms with Crippen molar-refractivity contribution in [2.45, 2.75) is 46.2 Å². The van der Waals surface area contributed by atoms with Crippen LogP contribution >= 0.6 is 12.2 Å². The van der Waals surface area contributed by atoms with E-state index in [0.717, 1.165) is 56.6 Å². The predicted molar refractivity (Wildman–Crippen MR) is 149 cm³/mol. The average Bonchev–Trinajstić information content (AvgIpc) is 3.34. The number of morpholine rings is 1. The average molecular weight is 504 g/mol. The van der Waals surface area contributed by atoms with E-state index in [1.807, 2.05) is 12.3 Å². The minimum absolute atomic E-state index is 0.00952. The molecule has 5 rings (SSSR count). The lowest BCUT2D eigenvalue weighted by Gasteiger charge is -2.30. The summed E-state index contributed by atoms with van der Waals surface area (Å²) in [5.41, 5.74) is 8.59. The molecular weight excluding hydrogens is 466 g/mol. The maximum Gasteiger partial charge on any atom is 0.170 e. The molecule has 2 aliphatic rings. The van der Waals surface area contributed by atoms with E-state index in [2.05, 4.69) is 83.8 Å². The molecule has 2 atom stereocenters. The summed E-state index contributed by atoms with van der Waals surface area (Å²) < 4.78 is 7.91. The van der Waals surface area contributed by atoms with E-state index in [1.165, 1.54) is 33.8 Å². The summed E-state index contributed by atoms with van der Waals surface area (Å²) in [4.78, 5) is 9.61. The van der Waals surface area contributed by atoms with Crippen molar-refractivity contribution < 1.29 is 4.74 Å². The summed E-state index contributed by atoms with van der Waals surface area (Å²) in [6, 6.07) is 15.3. The van der Waals surface area contributed by atoms with Crippen LogP contribution in [0.1, 0.15) is 52.3 Å². The van der Waals surface area contributed by atoms with E-state index in [9.17, 15) is 0 Å². The van der Waals surface area contributed by atoms with E-state index in [0.29, 0.717) is 0 Å². The fourth-order valence-electron chi connectivity index (χ4n) is 5.84. The Morgan fingerprint density at radius 1 is 1.00 bits per heavy atom. The van der Waals surface area contributed by atoms with Crippen LogP contribution < -0.4 is 5.32 Å². The summed E-state index contributed by atoms with van der Waals surface area (Å²) in [6.45, 7) is 14.4. The van der Waals surface area contributed by atoms with Gasteiger partial charge < -0.3 is 19.5 Å². The molecule has 0 bridgehead atoms. The van der Waals surface area contributed by atoms with Crippen LogP contribution in [0.3, 0.4) is 0 Å². The van der Waals surface area contributed by atoms with Gasteiger partial charge in [-0.2, -0.15) is 0 Å². The van der Waals surface area contributed by atoms with Gasteiger partial charge in [0.1, 0.15) is 0 Å². The van der Waals surface area contributed by atoms with Gasteiger partial charge in [-0.15, -0.1) is 0 Å². The molecule has 190 valence electrons. The number of hydrogen-bond donors (Lipinski definition) is 1. The molecular formula is C29H37N5OS. The van der Waals surface area contributed by atoms with Gasteiger partial charge in [0.25, 0.3) is 0 Å². The number of rotatable bonds is 7. The van der Waals surface area contributed by atoms with Crippen LogP contribution in [0, 0.1) is 27.7 Å². The van der Waals surface area contributed by atoms with E-state index in [-0.39, 0.29) is 12.1 Å². The zero-order chi connectivity index (χ0) is 25.2. The lowest BCUT2D eigenvalue weighted by atomic mass is 9.96. The predicted octanol–water partition coefficient (Wildman–Crippen LogP) is 4.80. The lowest BCUT2D eigenvalue weighted by molar-refractivity contribution is 0.0365. The topological polar surface area (TPSA) is 45.6 Å². The number of hydrogen-bond acceptors (Lipinski definition) is 4. The van der Waals surface area contributed by atoms with Crippen LogP contribution in [0.4, 0.5) is 0 Å². The fraction of sp³-hybridized carbons (Fsp3) is 0.448. The Bertz CT molecular complexity index is 1200. The number of nitrogens with zero attached hydrogens (tertiary/aromatic N) is 4. The van der Waals surface area contributed by atoms with Gasteiger partial charge in [0.2, 0.25) is 0 Å². The highest BCUT2D eigenvalue weighted by Crippen LogP contribution is 2.41. The van der Waals surface area contributed by atoms with Gasteiger partial charge in [0.05, 0.1) is 31.0 Å². The number of aromatic nitrogens is 2. The first-order chi connectivity index (χ1) is 17.4. The minimum Gasteiger partial charge on any atom is -0.379 e. The second-order valence-corrected chi connectivity index (χ2v) is 10.5. The Kier molecular flexibility index (Phi) is 7.42. The molecule has 0 radical (unpaired) electrons. The first-order valence-corrected chi connectivity index (χ1v) is 13.4. The number of ether oxygens (including phenoxy) is 1. The normalized spacial score (nSPS) is 20.7. The minimum atomic E-state index is 0.00952. The van der Waals surface area contributed by atoms with Crippen molar-refractivity contribution in [3.8, 4) is 5.69 Å². The van der Waals surface area contributed by atoms with Gasteiger partial charge >= 0.3 is 0 Å². The quantitative estimate of drug-likeness (QED) is 0.468. The standard InChI is InChI=1S/C29H37N5OS/c1-20-16-21(2)18-24(17-20)34-22(3)19-25(23(34)4)28-27(26-8-5-6-9-30-26)31-29(36)33(28)11-7-10-32-12-14-35-15-13-32/h5-6,8-9,16-19,27-28H,7,10-15H2,1-4H3,(H,31,36)/t27-,28+/m0/s1. The van der Waals surface area contributed by atoms with Crippen molar-refractivity contribution in [1.82, 2.24) is 24.7 Å². The zero-order valence-electron chi connectivity index (χ0n) is 21.8. The van der Waals surface area contributed by atoms with E-state index >= 15 is 0 Å². The molecule has 4 heterocycles. The lowest BCUT2D eigenvalue weighted by Crippen LogP contribution is -2.39. The summed E-state index contributed by atoms with van der Waals surface area (Å²) in [6.07, 6.45) is 2.93. The van der Waals surface area contributed by atoms with Crippen LogP contribution in [0.2, 0.25) is 0 Å². The number of benzene rings is 1. The number of pyridine rings is 1. The SMILES string of the molecule is Cc1cc(C)cc(-n2c(C)cc([C@@H]3[C@H](c4ccccn4)NC(=S)N3CCCN3CCOCC3)c2C)c1. The molecule has 36 heavy (non-hydrogen) atoms. The van der Waals surface area contributed by atoms with Crippen LogP contribution in [0.25, 0.3) is 5.69 Å². The highest BCUT2D eigenvalue weighted by Gasteiger charge is 2.41. The molecule has 2 saturated heterocycles. The Morgan fingerprint density at radius 2 is 1.75 bits per heavy atom. The third-order valence-electron chi connectivity index (χ3n) is 7.43. The van der Waals surface area contributed by atoms with Crippen molar-refractivity contribution >= 4 is 17.3 Å². The van der Waals surface area contributed by atoms with Crippen molar-refractivity contribution in [3.63, 3.8) is 0 Å². The maximum absolute atomic E-state index is 5.92. The molecule has 0 unspecified atom stereocenters. The molecule has 0 spiro atoms. The first-order valence-electron chi connectivity index (χ1n) is 13.0. The summed E-state index contributed by atoms with van der Waals surface area (Å²) in [5.74, 6) is 0. The molecule has 2 fully saturated rings. The summed E-state index contributed by atoms with van der Waals surface area (Å²) >= 11 is 5.92. The van der Waals surface area contributed by atoms with Crippen molar-refractivity contribution in [2.75, 3.05) is 39.4 Å². The molecule has 1 aromatic carbocycles. The Balaban J connectivity index is 1.49. The molecule has 3 aromatic rings. The Hall–Kier alpha value is -2.74. The zero-order valence-corrected chi connectivity index (χ0v) is 22.6. The third kappa shape index (κ3) is 5.05. The van der Waals surface area contributed by atoms with Crippen LogP contribution in [-0.4, -0.2) is 63.9 Å². The van der Waals surface area contributed by atoms with E-state index in [1.54, 1.807) is 0 Å². The van der Waals surface area contributed by atoms with E-state index in [4.69, 9.17) is 21.9 Å². The van der Waals surface area contributed by atoms with Gasteiger partial charge in [-0.3, -0.25) is 9.88 Å². The van der Waals surface area contributed by atoms with Gasteiger partial charge in [-0.25, -0.2) is 0 Å². The van der Waals surface area contributed by atoms with Crippen LogP contribution in [0.5, 0.6) is 0 Å². The first kappa shape index (κ1) is 24.9. The monoisotopic (exact) mass is 503 g/mol. The highest BCUT2D eigenvalue weighted by molar-refractivity contribution is 7.80. The Labute approximate surface area is 220 Å². The second-order valence-electron chi connectivity index (χ2n) is 10.1. The van der Waals surface area contributed by atoms with Crippen LogP contribution in [0.15, 0.2) is 48.7 Å². The second kappa shape index (κ2) is 10.7. The van der Waals surface area contributed by atoms with Crippen molar-refractivity contribution in [1.29, 1.82) is 0 Å². The van der Waals surface area contributed by atoms with Crippen molar-refractivity contribution in [3.05, 3.63) is 82.4 Å². The molecule has 2 aromatic heterocycles. The molecule has 7 heteroatoms. The number of aryl methyl sites for hydroxylation is 3. The molecule has 0 saturated carbocycles. The molecule has 6 nitrogen and oxygen atoms in total. The maximum atomic E-state index is 5.92. The van der Waals surface area contributed by atoms with E-state index < -0.39 is 0 Å². The summed E-state index contributed by atoms with van der Waals surface area (Å²) in [7, 11) is 0. The number of thiocarbonyl (C=S) groups is 1. The Morgan fingerprint density at radius 3 is 2.44 bits per heavy atom. The largest absolute Gasteiger partial charge is 0.379 e. The smallest absolute Gasteiger partial charge is 0.170 e. The highest BCUT2D eigenvalue weighted by atomic mass is 32.1. The fourth-order valence-corrected chi connectivity index (χ4v) is 6.17. The molecule has 0 aliphatic carbocycles. The van der Waals surface area contributed by atoms with Gasteiger partial charge in [0.15, 0.2) is 5.11 Å². The van der Waals surface area contributed by atoms with Gasteiger partial charge in [-0.1, -0.05) is 12.1 Å². The molecule has 1 N–H and O–H groups in total. The van der Waals surface area contributed by atoms with Gasteiger partial charge in [-0.05, 0) is 93.4 Å². The summed E-state index contributed by atoms with van der Waals surface area (Å²) in [5, 5.41) is 4.44. The van der Waals surface area contributed by atoms with Crippen molar-refractivity contribution in [2.24, 2.45) is 0 Å². The third-order valence-corrected chi connectivity index (χ3v) is 7.78. The van der Waals surface area contributed by atoms with Gasteiger partial charge in [0, 0.05) is 49.5 Å². The molecule has 2 aliphatic heterocycles. The van der Waals surface area contributed by atoms with Crippen LogP contribution in [-0.2, 0) is 4.74 Å².